The fraction of sp³-hybridized carbons (Fsp3) is 0.111. The fourth-order valence-corrected chi connectivity index (χ4v) is 10.1. The molecule has 0 radical (unpaired) electrons. The van der Waals surface area contributed by atoms with Crippen LogP contribution in [0.4, 0.5) is 0 Å². The average molecular weight is 639 g/mol. The Labute approximate surface area is 271 Å². The van der Waals surface area contributed by atoms with Crippen LogP contribution in [0.2, 0.25) is 0 Å². The molecule has 0 bridgehead atoms. The number of thiophene rings is 2. The minimum atomic E-state index is 0.586. The third-order valence-corrected chi connectivity index (χ3v) is 12.3. The molecule has 2 aliphatic carbocycles. The van der Waals surface area contributed by atoms with E-state index in [1.165, 1.54) is 32.7 Å². The highest BCUT2D eigenvalue weighted by atomic mass is 33.1. The van der Waals surface area contributed by atoms with Gasteiger partial charge >= 0.3 is 0 Å². The van der Waals surface area contributed by atoms with Crippen LogP contribution in [0.3, 0.4) is 0 Å². The average Bonchev–Trinajstić information content (AvgIpc) is 3.81. The van der Waals surface area contributed by atoms with Crippen LogP contribution in [0.25, 0.3) is 43.4 Å². The van der Waals surface area contributed by atoms with Gasteiger partial charge in [-0.2, -0.15) is 10.5 Å². The Morgan fingerprint density at radius 3 is 1.43 bits per heavy atom. The van der Waals surface area contributed by atoms with Gasteiger partial charge in [0.15, 0.2) is 0 Å². The third kappa shape index (κ3) is 4.49. The van der Waals surface area contributed by atoms with Crippen molar-refractivity contribution in [3.8, 4) is 55.5 Å². The number of pyridine rings is 2. The Morgan fingerprint density at radius 2 is 1.02 bits per heavy atom. The quantitative estimate of drug-likeness (QED) is 0.175. The second-order valence-corrected chi connectivity index (χ2v) is 14.6. The maximum absolute atomic E-state index is 10.6. The zero-order valence-corrected chi connectivity index (χ0v) is 26.6. The molecule has 0 saturated carbocycles. The van der Waals surface area contributed by atoms with E-state index in [1.807, 2.05) is 12.1 Å². The summed E-state index contributed by atoms with van der Waals surface area (Å²) in [7, 11) is 2.86. The molecule has 8 heteroatoms. The van der Waals surface area contributed by atoms with Crippen LogP contribution in [0.1, 0.15) is 33.4 Å². The molecule has 6 aromatic rings. The van der Waals surface area contributed by atoms with Gasteiger partial charge in [-0.15, -0.1) is 22.7 Å². The third-order valence-electron chi connectivity index (χ3n) is 8.32. The lowest BCUT2D eigenvalue weighted by atomic mass is 9.85. The minimum absolute atomic E-state index is 0.586. The van der Waals surface area contributed by atoms with E-state index < -0.39 is 0 Å². The molecule has 0 saturated heterocycles. The molecule has 0 amide bonds. The molecule has 2 aromatic carbocycles. The summed E-state index contributed by atoms with van der Waals surface area (Å²) in [5.74, 6) is 0. The summed E-state index contributed by atoms with van der Waals surface area (Å²) in [5, 5.41) is 26.5. The smallest absolute Gasteiger partial charge is 0.126 e. The zero-order chi connectivity index (χ0) is 29.6. The number of aryl methyl sites for hydroxylation is 2. The van der Waals surface area contributed by atoms with E-state index in [9.17, 15) is 10.5 Å². The number of nitriles is 2. The predicted molar refractivity (Wildman–Crippen MR) is 182 cm³/mol. The van der Waals surface area contributed by atoms with Crippen LogP contribution in [-0.2, 0) is 25.7 Å². The first-order valence-electron chi connectivity index (χ1n) is 14.3. The van der Waals surface area contributed by atoms with Crippen molar-refractivity contribution in [2.45, 2.75) is 35.7 Å². The molecular weight excluding hydrogens is 617 g/mol. The van der Waals surface area contributed by atoms with Crippen molar-refractivity contribution < 1.29 is 0 Å². The fourth-order valence-electron chi connectivity index (χ4n) is 6.39. The summed E-state index contributed by atoms with van der Waals surface area (Å²) in [5.41, 5.74) is 12.1. The highest BCUT2D eigenvalue weighted by molar-refractivity contribution is 8.76. The Hall–Kier alpha value is -4.18. The van der Waals surface area contributed by atoms with Gasteiger partial charge in [-0.3, -0.25) is 0 Å². The molecule has 0 fully saturated rings. The van der Waals surface area contributed by atoms with Crippen LogP contribution < -0.4 is 0 Å². The van der Waals surface area contributed by atoms with Crippen molar-refractivity contribution in [3.05, 3.63) is 117 Å². The van der Waals surface area contributed by atoms with Crippen molar-refractivity contribution >= 4 is 44.3 Å². The molecule has 0 spiro atoms. The second-order valence-electron chi connectivity index (χ2n) is 10.6. The van der Waals surface area contributed by atoms with Gasteiger partial charge in [0.05, 0.1) is 22.5 Å². The lowest BCUT2D eigenvalue weighted by molar-refractivity contribution is 0.913. The molecule has 0 N–H and O–H groups in total. The van der Waals surface area contributed by atoms with E-state index in [-0.39, 0.29) is 0 Å². The molecule has 8 rings (SSSR count). The van der Waals surface area contributed by atoms with Crippen molar-refractivity contribution in [1.29, 1.82) is 10.5 Å². The van der Waals surface area contributed by atoms with Crippen LogP contribution in [0.15, 0.2) is 93.6 Å². The first kappa shape index (κ1) is 27.4. The summed E-state index contributed by atoms with van der Waals surface area (Å²) in [6.45, 7) is 0. The number of aromatic nitrogens is 2. The normalized spacial score (nSPS) is 12.8. The monoisotopic (exact) mass is 638 g/mol. The summed E-state index contributed by atoms with van der Waals surface area (Å²) in [4.78, 5) is 12.5. The van der Waals surface area contributed by atoms with Crippen LogP contribution in [0.5, 0.6) is 0 Å². The van der Waals surface area contributed by atoms with Gasteiger partial charge < -0.3 is 0 Å². The van der Waals surface area contributed by atoms with Gasteiger partial charge in [0.1, 0.15) is 22.2 Å². The number of fused-ring (bicyclic) bond motifs is 6. The number of benzene rings is 2. The lowest BCUT2D eigenvalue weighted by Gasteiger charge is -2.24. The van der Waals surface area contributed by atoms with E-state index in [2.05, 4.69) is 83.6 Å². The maximum Gasteiger partial charge on any atom is 0.126 e. The molecule has 2 aliphatic rings. The molecule has 0 unspecified atom stereocenters. The topological polar surface area (TPSA) is 73.4 Å². The van der Waals surface area contributed by atoms with Gasteiger partial charge in [0.2, 0.25) is 0 Å². The standard InChI is InChI=1S/C36H22N4S4/c37-19-27-31(29-11-5-17-41-29)25-15-13-21-7-1-3-9-23(21)33(25)39-35(27)43-44-36-28(20-38)32(30-12-6-18-42-30)26-16-14-22-8-2-4-10-24(22)34(26)40-36/h1-12,17-18H,13-16H2. The highest BCUT2D eigenvalue weighted by Gasteiger charge is 2.29. The molecule has 0 aliphatic heterocycles. The first-order chi connectivity index (χ1) is 21.7. The second kappa shape index (κ2) is 11.4. The summed E-state index contributed by atoms with van der Waals surface area (Å²) in [6.07, 6.45) is 3.53. The molecular formula is C36H22N4S4. The van der Waals surface area contributed by atoms with Gasteiger partial charge in [-0.1, -0.05) is 60.7 Å². The van der Waals surface area contributed by atoms with Crippen molar-refractivity contribution in [2.24, 2.45) is 0 Å². The highest BCUT2D eigenvalue weighted by Crippen LogP contribution is 2.50. The van der Waals surface area contributed by atoms with Crippen molar-refractivity contribution in [3.63, 3.8) is 0 Å². The van der Waals surface area contributed by atoms with E-state index in [0.717, 1.165) is 80.2 Å². The van der Waals surface area contributed by atoms with E-state index in [0.29, 0.717) is 21.2 Å². The van der Waals surface area contributed by atoms with E-state index in [4.69, 9.17) is 9.97 Å². The minimum Gasteiger partial charge on any atom is -0.239 e. The molecule has 4 aromatic heterocycles. The largest absolute Gasteiger partial charge is 0.239 e. The Morgan fingerprint density at radius 1 is 0.568 bits per heavy atom. The Balaban J connectivity index is 1.30. The molecule has 4 heterocycles. The van der Waals surface area contributed by atoms with Gasteiger partial charge in [0.25, 0.3) is 0 Å². The van der Waals surface area contributed by atoms with Crippen molar-refractivity contribution in [1.82, 2.24) is 9.97 Å². The summed E-state index contributed by atoms with van der Waals surface area (Å²) in [6, 6.07) is 30.2. The maximum atomic E-state index is 10.6. The first-order valence-corrected chi connectivity index (χ1v) is 18.2. The van der Waals surface area contributed by atoms with Crippen molar-refractivity contribution in [2.75, 3.05) is 0 Å². The SMILES string of the molecule is N#Cc1c(SSc2nc3c(c(-c4cccs4)c2C#N)CCc2ccccc2-3)nc2c(c1-c1cccs1)CCc1ccccc1-2. The number of hydrogen-bond acceptors (Lipinski definition) is 8. The zero-order valence-electron chi connectivity index (χ0n) is 23.3. The Bertz CT molecular complexity index is 2000. The summed E-state index contributed by atoms with van der Waals surface area (Å²) < 4.78 is 0. The summed E-state index contributed by atoms with van der Waals surface area (Å²) >= 11 is 3.30. The number of rotatable bonds is 5. The predicted octanol–water partition coefficient (Wildman–Crippen LogP) is 10.0. The Kier molecular flexibility index (Phi) is 7.09. The van der Waals surface area contributed by atoms with Crippen LogP contribution in [0, 0.1) is 22.7 Å². The molecule has 0 atom stereocenters. The number of nitrogens with zero attached hydrogens (tertiary/aromatic N) is 4. The lowest BCUT2D eigenvalue weighted by Crippen LogP contribution is -2.10. The molecule has 44 heavy (non-hydrogen) atoms. The van der Waals surface area contributed by atoms with E-state index >= 15 is 0 Å². The molecule has 210 valence electrons. The van der Waals surface area contributed by atoms with Crippen LogP contribution >= 0.6 is 44.3 Å². The van der Waals surface area contributed by atoms with Crippen LogP contribution in [-0.4, -0.2) is 9.97 Å². The number of hydrogen-bond donors (Lipinski definition) is 0. The van der Waals surface area contributed by atoms with Gasteiger partial charge in [-0.25, -0.2) is 9.97 Å². The van der Waals surface area contributed by atoms with Gasteiger partial charge in [-0.05, 0) is 92.4 Å². The molecule has 4 nitrogen and oxygen atoms in total. The van der Waals surface area contributed by atoms with E-state index in [1.54, 1.807) is 22.7 Å². The van der Waals surface area contributed by atoms with Gasteiger partial charge in [0, 0.05) is 32.0 Å².